The number of aryl methyl sites for hydroxylation is 3. The normalized spacial score (nSPS) is 17.1. The van der Waals surface area contributed by atoms with E-state index in [0.717, 1.165) is 37.1 Å². The number of ether oxygens (including phenoxy) is 1. The summed E-state index contributed by atoms with van der Waals surface area (Å²) >= 11 is 0. The van der Waals surface area contributed by atoms with E-state index in [-0.39, 0.29) is 18.0 Å². The van der Waals surface area contributed by atoms with Crippen LogP contribution in [0.1, 0.15) is 42.6 Å². The third-order valence-corrected chi connectivity index (χ3v) is 5.77. The molecule has 0 unspecified atom stereocenters. The molecule has 154 valence electrons. The molecule has 2 aromatic heterocycles. The number of hydrogen-bond donors (Lipinski definition) is 0. The van der Waals surface area contributed by atoms with Gasteiger partial charge in [0.2, 0.25) is 11.8 Å². The molecule has 1 aliphatic heterocycles. The van der Waals surface area contributed by atoms with Crippen LogP contribution in [-0.4, -0.2) is 50.5 Å². The lowest BCUT2D eigenvalue weighted by Gasteiger charge is -2.31. The monoisotopic (exact) mass is 397 g/mol. The smallest absolute Gasteiger partial charge is 0.267 e. The first-order valence-electron chi connectivity index (χ1n) is 10.4. The number of hydrogen-bond acceptors (Lipinski definition) is 6. The Hall–Kier alpha value is -2.77. The summed E-state index contributed by atoms with van der Waals surface area (Å²) in [4.78, 5) is 26.2. The lowest BCUT2D eigenvalue weighted by atomic mass is 9.97. The summed E-state index contributed by atoms with van der Waals surface area (Å²) < 4.78 is 7.14. The topological polar surface area (TPSA) is 90.2 Å². The molecule has 0 radical (unpaired) electrons. The third-order valence-electron chi connectivity index (χ3n) is 5.77. The van der Waals surface area contributed by atoms with Gasteiger partial charge in [0.1, 0.15) is 6.54 Å². The summed E-state index contributed by atoms with van der Waals surface area (Å²) in [5, 5.41) is 12.7. The zero-order chi connectivity index (χ0) is 20.2. The van der Waals surface area contributed by atoms with E-state index in [1.807, 2.05) is 11.0 Å². The Morgan fingerprint density at radius 1 is 1.17 bits per heavy atom. The fourth-order valence-electron chi connectivity index (χ4n) is 3.99. The molecule has 1 fully saturated rings. The number of carbonyl (C=O) groups excluding carboxylic acids is 1. The molecule has 2 aromatic rings. The van der Waals surface area contributed by atoms with Crippen LogP contribution >= 0.6 is 0 Å². The van der Waals surface area contributed by atoms with E-state index in [4.69, 9.17) is 4.74 Å². The van der Waals surface area contributed by atoms with E-state index in [0.29, 0.717) is 31.5 Å². The molecule has 1 amide bonds. The third kappa shape index (κ3) is 4.81. The average Bonchev–Trinajstić information content (AvgIpc) is 2.75. The molecule has 8 nitrogen and oxygen atoms in total. The van der Waals surface area contributed by atoms with E-state index in [2.05, 4.69) is 15.3 Å². The Labute approximate surface area is 169 Å². The van der Waals surface area contributed by atoms with Crippen molar-refractivity contribution in [3.05, 3.63) is 45.5 Å². The fraction of sp³-hybridized carbons (Fsp3) is 0.571. The Balaban J connectivity index is 1.25. The quantitative estimate of drug-likeness (QED) is 0.760. The predicted octanol–water partition coefficient (Wildman–Crippen LogP) is 1.54. The number of amides is 1. The summed E-state index contributed by atoms with van der Waals surface area (Å²) in [6.45, 7) is 3.73. The fourth-order valence-corrected chi connectivity index (χ4v) is 3.99. The number of aromatic nitrogens is 4. The van der Waals surface area contributed by atoms with Gasteiger partial charge in [0.25, 0.3) is 5.56 Å². The van der Waals surface area contributed by atoms with E-state index in [9.17, 15) is 9.59 Å². The van der Waals surface area contributed by atoms with Crippen molar-refractivity contribution in [1.82, 2.24) is 24.9 Å². The van der Waals surface area contributed by atoms with Crippen molar-refractivity contribution >= 4 is 5.91 Å². The standard InChI is InChI=1S/C21H27N5O3/c1-15-6-7-20(27)26(24-15)13-21(28)25-10-8-16(9-11-25)14-29-19-12-17-4-2-3-5-18(17)22-23-19/h6-7,12,16H,2-5,8-11,13-14H2,1H3. The van der Waals surface area contributed by atoms with E-state index >= 15 is 0 Å². The maximum Gasteiger partial charge on any atom is 0.267 e. The molecule has 3 heterocycles. The van der Waals surface area contributed by atoms with Crippen molar-refractivity contribution in [3.8, 4) is 5.88 Å². The van der Waals surface area contributed by atoms with Crippen molar-refractivity contribution in [2.45, 2.75) is 52.0 Å². The first-order chi connectivity index (χ1) is 14.1. The minimum Gasteiger partial charge on any atom is -0.476 e. The molecule has 0 N–H and O–H groups in total. The zero-order valence-corrected chi connectivity index (χ0v) is 16.8. The SMILES string of the molecule is Cc1ccc(=O)n(CC(=O)N2CCC(COc3cc4c(nn3)CCCC4)CC2)n1. The highest BCUT2D eigenvalue weighted by molar-refractivity contribution is 5.75. The van der Waals surface area contributed by atoms with Gasteiger partial charge in [-0.1, -0.05) is 0 Å². The second-order valence-electron chi connectivity index (χ2n) is 7.97. The maximum atomic E-state index is 12.5. The summed E-state index contributed by atoms with van der Waals surface area (Å²) in [6, 6.07) is 5.14. The van der Waals surface area contributed by atoms with Crippen molar-refractivity contribution in [2.24, 2.45) is 5.92 Å². The molecule has 0 bridgehead atoms. The molecule has 4 rings (SSSR count). The highest BCUT2D eigenvalue weighted by atomic mass is 16.5. The second-order valence-corrected chi connectivity index (χ2v) is 7.97. The van der Waals surface area contributed by atoms with Crippen molar-refractivity contribution < 1.29 is 9.53 Å². The van der Waals surface area contributed by atoms with Gasteiger partial charge in [0.15, 0.2) is 0 Å². The van der Waals surface area contributed by atoms with Gasteiger partial charge in [-0.05, 0) is 63.0 Å². The van der Waals surface area contributed by atoms with Gasteiger partial charge in [-0.3, -0.25) is 9.59 Å². The van der Waals surface area contributed by atoms with Gasteiger partial charge in [-0.2, -0.15) is 10.2 Å². The van der Waals surface area contributed by atoms with Crippen molar-refractivity contribution in [1.29, 1.82) is 0 Å². The predicted molar refractivity (Wildman–Crippen MR) is 107 cm³/mol. The van der Waals surface area contributed by atoms with Crippen LogP contribution in [0.15, 0.2) is 23.0 Å². The van der Waals surface area contributed by atoms with Gasteiger partial charge in [-0.15, -0.1) is 5.10 Å². The summed E-state index contributed by atoms with van der Waals surface area (Å²) in [5.74, 6) is 0.927. The van der Waals surface area contributed by atoms with E-state index in [1.165, 1.54) is 29.2 Å². The summed E-state index contributed by atoms with van der Waals surface area (Å²) in [7, 11) is 0. The Morgan fingerprint density at radius 3 is 2.79 bits per heavy atom. The largest absolute Gasteiger partial charge is 0.476 e. The van der Waals surface area contributed by atoms with Crippen LogP contribution in [0, 0.1) is 12.8 Å². The van der Waals surface area contributed by atoms with Crippen LogP contribution in [0.5, 0.6) is 5.88 Å². The van der Waals surface area contributed by atoms with Gasteiger partial charge in [0.05, 0.1) is 18.0 Å². The van der Waals surface area contributed by atoms with Gasteiger partial charge in [-0.25, -0.2) is 4.68 Å². The highest BCUT2D eigenvalue weighted by Crippen LogP contribution is 2.23. The minimum absolute atomic E-state index is 0.00754. The molecule has 0 spiro atoms. The number of nitrogens with zero attached hydrogens (tertiary/aromatic N) is 5. The van der Waals surface area contributed by atoms with Crippen molar-refractivity contribution in [3.63, 3.8) is 0 Å². The number of carbonyl (C=O) groups is 1. The number of likely N-dealkylation sites (tertiary alicyclic amines) is 1. The molecule has 0 aromatic carbocycles. The molecule has 0 saturated carbocycles. The average molecular weight is 397 g/mol. The summed E-state index contributed by atoms with van der Waals surface area (Å²) in [6.07, 6.45) is 6.21. The van der Waals surface area contributed by atoms with Crippen molar-refractivity contribution in [2.75, 3.05) is 19.7 Å². The molecular weight excluding hydrogens is 370 g/mol. The first-order valence-corrected chi connectivity index (χ1v) is 10.4. The summed E-state index contributed by atoms with van der Waals surface area (Å²) in [5.41, 5.74) is 2.84. The molecule has 1 aliphatic carbocycles. The molecule has 29 heavy (non-hydrogen) atoms. The second kappa shape index (κ2) is 8.71. The molecule has 8 heteroatoms. The van der Waals surface area contributed by atoms with Crippen LogP contribution in [0.4, 0.5) is 0 Å². The Bertz CT molecular complexity index is 934. The molecule has 2 aliphatic rings. The zero-order valence-electron chi connectivity index (χ0n) is 16.8. The Kier molecular flexibility index (Phi) is 5.87. The van der Waals surface area contributed by atoms with Crippen LogP contribution in [0.3, 0.4) is 0 Å². The molecule has 0 atom stereocenters. The number of fused-ring (bicyclic) bond motifs is 1. The van der Waals surface area contributed by atoms with Gasteiger partial charge < -0.3 is 9.64 Å². The number of piperidine rings is 1. The highest BCUT2D eigenvalue weighted by Gasteiger charge is 2.24. The first kappa shape index (κ1) is 19.5. The maximum absolute atomic E-state index is 12.5. The van der Waals surface area contributed by atoms with Gasteiger partial charge >= 0.3 is 0 Å². The van der Waals surface area contributed by atoms with E-state index in [1.54, 1.807) is 13.0 Å². The Morgan fingerprint density at radius 2 is 1.97 bits per heavy atom. The molecule has 1 saturated heterocycles. The van der Waals surface area contributed by atoms with Crippen LogP contribution in [-0.2, 0) is 24.2 Å². The van der Waals surface area contributed by atoms with Crippen LogP contribution in [0.2, 0.25) is 0 Å². The lowest BCUT2D eigenvalue weighted by Crippen LogP contribution is -2.42. The van der Waals surface area contributed by atoms with Crippen LogP contribution < -0.4 is 10.3 Å². The lowest BCUT2D eigenvalue weighted by molar-refractivity contribution is -0.133. The van der Waals surface area contributed by atoms with Crippen LogP contribution in [0.25, 0.3) is 0 Å². The minimum atomic E-state index is -0.251. The van der Waals surface area contributed by atoms with Gasteiger partial charge in [0, 0.05) is 25.2 Å². The molecular formula is C21H27N5O3. The van der Waals surface area contributed by atoms with E-state index < -0.39 is 0 Å². The number of rotatable bonds is 5.